The molecule has 0 radical (unpaired) electrons. The van der Waals surface area contributed by atoms with Crippen LogP contribution in [0.2, 0.25) is 0 Å². The molecule has 2 heteroatoms. The molecule has 0 saturated carbocycles. The van der Waals surface area contributed by atoms with Gasteiger partial charge in [-0.3, -0.25) is 0 Å². The summed E-state index contributed by atoms with van der Waals surface area (Å²) in [5, 5.41) is 3.32. The van der Waals surface area contributed by atoms with E-state index in [0.29, 0.717) is 5.41 Å². The maximum Gasteiger partial charge on any atom is 0.119 e. The van der Waals surface area contributed by atoms with Crippen molar-refractivity contribution >= 4 is 0 Å². The Kier molecular flexibility index (Phi) is 3.27. The largest absolute Gasteiger partial charge is 0.494 e. The van der Waals surface area contributed by atoms with Crippen LogP contribution in [0.3, 0.4) is 0 Å². The summed E-state index contributed by atoms with van der Waals surface area (Å²) >= 11 is 0. The molecule has 1 fully saturated rings. The Labute approximate surface area is 91.6 Å². The van der Waals surface area contributed by atoms with E-state index in [0.717, 1.165) is 18.8 Å². The van der Waals surface area contributed by atoms with Gasteiger partial charge in [-0.15, -0.1) is 0 Å². The highest BCUT2D eigenvalue weighted by molar-refractivity contribution is 5.20. The predicted molar refractivity (Wildman–Crippen MR) is 62.1 cm³/mol. The van der Waals surface area contributed by atoms with Crippen LogP contribution in [-0.2, 0) is 0 Å². The minimum Gasteiger partial charge on any atom is -0.494 e. The van der Waals surface area contributed by atoms with Crippen LogP contribution in [-0.4, -0.2) is 19.7 Å². The molecular formula is C13H19NO. The lowest BCUT2D eigenvalue weighted by atomic mass is 9.80. The molecule has 0 aromatic heterocycles. The van der Waals surface area contributed by atoms with Crippen LogP contribution in [0.1, 0.15) is 19.8 Å². The van der Waals surface area contributed by atoms with Gasteiger partial charge < -0.3 is 10.1 Å². The average Bonchev–Trinajstić information content (AvgIpc) is 2.23. The van der Waals surface area contributed by atoms with Crippen LogP contribution in [0, 0.1) is 5.41 Å². The van der Waals surface area contributed by atoms with Crippen molar-refractivity contribution in [2.45, 2.75) is 19.8 Å². The van der Waals surface area contributed by atoms with Crippen LogP contribution in [0.5, 0.6) is 5.75 Å². The maximum absolute atomic E-state index is 5.65. The molecule has 82 valence electrons. The zero-order valence-electron chi connectivity index (χ0n) is 9.33. The van der Waals surface area contributed by atoms with Crippen molar-refractivity contribution in [1.29, 1.82) is 0 Å². The highest BCUT2D eigenvalue weighted by Crippen LogP contribution is 2.27. The van der Waals surface area contributed by atoms with Crippen LogP contribution in [0.4, 0.5) is 0 Å². The Morgan fingerprint density at radius 1 is 1.27 bits per heavy atom. The molecule has 2 rings (SSSR count). The fraction of sp³-hybridized carbons (Fsp3) is 0.538. The summed E-state index contributed by atoms with van der Waals surface area (Å²) < 4.78 is 5.65. The first-order chi connectivity index (χ1) is 7.29. The summed E-state index contributed by atoms with van der Waals surface area (Å²) in [6, 6.07) is 10.0. The van der Waals surface area contributed by atoms with Crippen molar-refractivity contribution in [3.63, 3.8) is 0 Å². The van der Waals surface area contributed by atoms with Gasteiger partial charge in [0.25, 0.3) is 0 Å². The van der Waals surface area contributed by atoms with E-state index in [4.69, 9.17) is 4.74 Å². The molecule has 2 nitrogen and oxygen atoms in total. The van der Waals surface area contributed by atoms with E-state index in [1.165, 1.54) is 19.5 Å². The minimum atomic E-state index is 0.528. The van der Waals surface area contributed by atoms with Crippen LogP contribution < -0.4 is 10.1 Å². The highest BCUT2D eigenvalue weighted by atomic mass is 16.5. The molecule has 1 saturated heterocycles. The minimum absolute atomic E-state index is 0.528. The molecular weight excluding hydrogens is 186 g/mol. The summed E-state index contributed by atoms with van der Waals surface area (Å²) in [5.41, 5.74) is 0.528. The fourth-order valence-corrected chi connectivity index (χ4v) is 1.93. The number of hydrogen-bond acceptors (Lipinski definition) is 2. The van der Waals surface area contributed by atoms with Crippen molar-refractivity contribution in [2.24, 2.45) is 5.41 Å². The molecule has 1 aromatic carbocycles. The van der Waals surface area contributed by atoms with Crippen molar-refractivity contribution in [3.8, 4) is 5.75 Å². The van der Waals surface area contributed by atoms with E-state index in [2.05, 4.69) is 12.2 Å². The number of para-hydroxylation sites is 1. The third kappa shape index (κ3) is 2.96. The highest BCUT2D eigenvalue weighted by Gasteiger charge is 2.30. The van der Waals surface area contributed by atoms with Crippen molar-refractivity contribution in [1.82, 2.24) is 5.32 Å². The Bertz CT molecular complexity index is 293. The molecule has 1 aliphatic heterocycles. The second-order valence-electron chi connectivity index (χ2n) is 4.68. The van der Waals surface area contributed by atoms with Crippen molar-refractivity contribution in [2.75, 3.05) is 19.7 Å². The Morgan fingerprint density at radius 3 is 2.60 bits per heavy atom. The molecule has 1 N–H and O–H groups in total. The normalized spacial score (nSPS) is 18.2. The van der Waals surface area contributed by atoms with E-state index in [1.54, 1.807) is 0 Å². The van der Waals surface area contributed by atoms with Gasteiger partial charge in [0.15, 0.2) is 0 Å². The summed E-state index contributed by atoms with van der Waals surface area (Å²) in [4.78, 5) is 0. The van der Waals surface area contributed by atoms with Gasteiger partial charge in [-0.25, -0.2) is 0 Å². The Morgan fingerprint density at radius 2 is 2.00 bits per heavy atom. The Balaban J connectivity index is 1.63. The van der Waals surface area contributed by atoms with Crippen LogP contribution in [0.25, 0.3) is 0 Å². The lowest BCUT2D eigenvalue weighted by Gasteiger charge is -2.39. The summed E-state index contributed by atoms with van der Waals surface area (Å²) in [5.74, 6) is 0.981. The van der Waals surface area contributed by atoms with Gasteiger partial charge in [-0.05, 0) is 30.4 Å². The van der Waals surface area contributed by atoms with Gasteiger partial charge in [0.05, 0.1) is 6.61 Å². The van der Waals surface area contributed by atoms with Crippen LogP contribution in [0.15, 0.2) is 30.3 Å². The molecule has 0 aliphatic carbocycles. The van der Waals surface area contributed by atoms with Gasteiger partial charge in [-0.2, -0.15) is 0 Å². The third-order valence-corrected chi connectivity index (χ3v) is 3.04. The number of benzene rings is 1. The first-order valence-corrected chi connectivity index (χ1v) is 5.67. The van der Waals surface area contributed by atoms with E-state index in [-0.39, 0.29) is 0 Å². The second kappa shape index (κ2) is 4.67. The second-order valence-corrected chi connectivity index (χ2v) is 4.68. The standard InChI is InChI=1S/C13H19NO/c1-13(10-14-11-13)8-5-9-15-12-6-3-2-4-7-12/h2-4,6-7,14H,5,8-11H2,1H3. The lowest BCUT2D eigenvalue weighted by Crippen LogP contribution is -2.51. The molecule has 1 heterocycles. The molecule has 15 heavy (non-hydrogen) atoms. The molecule has 0 spiro atoms. The average molecular weight is 205 g/mol. The van der Waals surface area contributed by atoms with E-state index in [9.17, 15) is 0 Å². The number of ether oxygens (including phenoxy) is 1. The lowest BCUT2D eigenvalue weighted by molar-refractivity contribution is 0.161. The van der Waals surface area contributed by atoms with Crippen molar-refractivity contribution < 1.29 is 4.74 Å². The van der Waals surface area contributed by atoms with Gasteiger partial charge in [0.1, 0.15) is 5.75 Å². The molecule has 0 amide bonds. The predicted octanol–water partition coefficient (Wildman–Crippen LogP) is 2.46. The number of hydrogen-bond donors (Lipinski definition) is 1. The molecule has 1 aliphatic rings. The SMILES string of the molecule is CC1(CCCOc2ccccc2)CNC1. The van der Waals surface area contributed by atoms with Gasteiger partial charge in [-0.1, -0.05) is 25.1 Å². The number of rotatable bonds is 5. The van der Waals surface area contributed by atoms with Gasteiger partial charge in [0, 0.05) is 13.1 Å². The summed E-state index contributed by atoms with van der Waals surface area (Å²) in [7, 11) is 0. The molecule has 0 atom stereocenters. The first kappa shape index (κ1) is 10.5. The van der Waals surface area contributed by atoms with E-state index in [1.807, 2.05) is 30.3 Å². The number of nitrogens with one attached hydrogen (secondary N) is 1. The molecule has 0 unspecified atom stereocenters. The first-order valence-electron chi connectivity index (χ1n) is 5.67. The molecule has 1 aromatic rings. The fourth-order valence-electron chi connectivity index (χ4n) is 1.93. The van der Waals surface area contributed by atoms with Gasteiger partial charge >= 0.3 is 0 Å². The van der Waals surface area contributed by atoms with Gasteiger partial charge in [0.2, 0.25) is 0 Å². The topological polar surface area (TPSA) is 21.3 Å². The summed E-state index contributed by atoms with van der Waals surface area (Å²) in [6.45, 7) is 5.50. The zero-order valence-corrected chi connectivity index (χ0v) is 9.33. The van der Waals surface area contributed by atoms with Crippen molar-refractivity contribution in [3.05, 3.63) is 30.3 Å². The zero-order chi connectivity index (χ0) is 10.6. The van der Waals surface area contributed by atoms with E-state index < -0.39 is 0 Å². The smallest absolute Gasteiger partial charge is 0.119 e. The Hall–Kier alpha value is -1.02. The molecule has 0 bridgehead atoms. The summed E-state index contributed by atoms with van der Waals surface area (Å²) in [6.07, 6.45) is 2.40. The monoisotopic (exact) mass is 205 g/mol. The quantitative estimate of drug-likeness (QED) is 0.746. The maximum atomic E-state index is 5.65. The van der Waals surface area contributed by atoms with E-state index >= 15 is 0 Å². The third-order valence-electron chi connectivity index (χ3n) is 3.04. The van der Waals surface area contributed by atoms with Crippen LogP contribution >= 0.6 is 0 Å².